The first-order valence-corrected chi connectivity index (χ1v) is 5.48. The lowest BCUT2D eigenvalue weighted by atomic mass is 10.0. The smallest absolute Gasteiger partial charge is 0.336 e. The Morgan fingerprint density at radius 3 is 2.75 bits per heavy atom. The Hall–Kier alpha value is -1.88. The molecule has 2 N–H and O–H groups in total. The van der Waals surface area contributed by atoms with Crippen molar-refractivity contribution in [1.29, 1.82) is 0 Å². The molecular weight excluding hydrogens is 226 g/mol. The lowest BCUT2D eigenvalue weighted by molar-refractivity contribution is 0.0697. The van der Waals surface area contributed by atoms with E-state index < -0.39 is 11.5 Å². The second-order valence-electron chi connectivity index (χ2n) is 3.32. The number of H-pyrrole nitrogens is 1. The predicted octanol–water partition coefficient (Wildman–Crippen LogP) is 2.11. The number of carboxylic acid groups (broad SMARTS) is 1. The Morgan fingerprint density at radius 2 is 2.19 bits per heavy atom. The van der Waals surface area contributed by atoms with E-state index in [0.717, 1.165) is 16.5 Å². The van der Waals surface area contributed by atoms with Crippen LogP contribution in [0.5, 0.6) is 0 Å². The molecule has 16 heavy (non-hydrogen) atoms. The number of carboxylic acids is 1. The number of pyridine rings is 1. The molecule has 2 aromatic rings. The van der Waals surface area contributed by atoms with Crippen molar-refractivity contribution in [3.8, 4) is 11.1 Å². The van der Waals surface area contributed by atoms with Gasteiger partial charge in [-0.15, -0.1) is 11.3 Å². The molecule has 0 saturated heterocycles. The van der Waals surface area contributed by atoms with Crippen LogP contribution in [0.15, 0.2) is 28.5 Å². The molecule has 0 aromatic carbocycles. The fraction of sp³-hybridized carbons (Fsp3) is 0.0909. The van der Waals surface area contributed by atoms with Crippen LogP contribution in [-0.2, 0) is 0 Å². The monoisotopic (exact) mass is 235 g/mol. The molecule has 0 radical (unpaired) electrons. The van der Waals surface area contributed by atoms with Crippen LogP contribution in [0.2, 0.25) is 0 Å². The molecule has 4 nitrogen and oxygen atoms in total. The SMILES string of the molecule is Cc1sccc1-c1c[nH]c(=O)cc1C(=O)O. The van der Waals surface area contributed by atoms with Gasteiger partial charge in [0.2, 0.25) is 5.56 Å². The highest BCUT2D eigenvalue weighted by Crippen LogP contribution is 2.28. The summed E-state index contributed by atoms with van der Waals surface area (Å²) in [6, 6.07) is 2.95. The normalized spacial score (nSPS) is 10.3. The van der Waals surface area contributed by atoms with Gasteiger partial charge in [-0.25, -0.2) is 4.79 Å². The average molecular weight is 235 g/mol. The van der Waals surface area contributed by atoms with E-state index in [2.05, 4.69) is 4.98 Å². The number of aromatic carboxylic acids is 1. The van der Waals surface area contributed by atoms with Gasteiger partial charge in [-0.2, -0.15) is 0 Å². The van der Waals surface area contributed by atoms with Crippen molar-refractivity contribution in [1.82, 2.24) is 4.98 Å². The number of aromatic nitrogens is 1. The molecular formula is C11H9NO3S. The first-order chi connectivity index (χ1) is 7.59. The van der Waals surface area contributed by atoms with Gasteiger partial charge in [-0.1, -0.05) is 0 Å². The number of aryl methyl sites for hydroxylation is 1. The highest BCUT2D eigenvalue weighted by Gasteiger charge is 2.14. The van der Waals surface area contributed by atoms with Gasteiger partial charge in [0.25, 0.3) is 0 Å². The van der Waals surface area contributed by atoms with Crippen molar-refractivity contribution in [3.63, 3.8) is 0 Å². The minimum Gasteiger partial charge on any atom is -0.478 e. The number of hydrogen-bond donors (Lipinski definition) is 2. The van der Waals surface area contributed by atoms with Gasteiger partial charge < -0.3 is 10.1 Å². The Balaban J connectivity index is 2.70. The van der Waals surface area contributed by atoms with Gasteiger partial charge >= 0.3 is 5.97 Å². The standard InChI is InChI=1S/C11H9NO3S/c1-6-7(2-3-16-6)9-5-12-10(13)4-8(9)11(14)15/h2-5H,1H3,(H,12,13)(H,14,15). The summed E-state index contributed by atoms with van der Waals surface area (Å²) in [7, 11) is 0. The number of nitrogens with one attached hydrogen (secondary N) is 1. The van der Waals surface area contributed by atoms with Gasteiger partial charge in [0.05, 0.1) is 5.56 Å². The molecule has 2 aromatic heterocycles. The number of thiophene rings is 1. The highest BCUT2D eigenvalue weighted by molar-refractivity contribution is 7.10. The van der Waals surface area contributed by atoms with Gasteiger partial charge in [0.1, 0.15) is 0 Å². The van der Waals surface area contributed by atoms with Gasteiger partial charge in [-0.3, -0.25) is 4.79 Å². The van der Waals surface area contributed by atoms with Crippen molar-refractivity contribution in [2.24, 2.45) is 0 Å². The molecule has 0 unspecified atom stereocenters. The van der Waals surface area contributed by atoms with Crippen molar-refractivity contribution in [2.45, 2.75) is 6.92 Å². The Labute approximate surface area is 95.2 Å². The minimum atomic E-state index is -1.09. The van der Waals surface area contributed by atoms with Crippen LogP contribution in [0.25, 0.3) is 11.1 Å². The summed E-state index contributed by atoms with van der Waals surface area (Å²) >= 11 is 1.54. The molecule has 0 aliphatic rings. The zero-order valence-corrected chi connectivity index (χ0v) is 9.30. The van der Waals surface area contributed by atoms with Crippen molar-refractivity contribution in [3.05, 3.63) is 44.5 Å². The maximum atomic E-state index is 11.1. The minimum absolute atomic E-state index is 0.0326. The summed E-state index contributed by atoms with van der Waals surface area (Å²) in [6.07, 6.45) is 1.45. The van der Waals surface area contributed by atoms with Crippen molar-refractivity contribution in [2.75, 3.05) is 0 Å². The zero-order valence-electron chi connectivity index (χ0n) is 8.48. The van der Waals surface area contributed by atoms with Gasteiger partial charge in [0.15, 0.2) is 0 Å². The molecule has 2 rings (SSSR count). The van der Waals surface area contributed by atoms with Crippen molar-refractivity contribution < 1.29 is 9.90 Å². The first-order valence-electron chi connectivity index (χ1n) is 4.60. The van der Waals surface area contributed by atoms with E-state index in [9.17, 15) is 9.59 Å². The number of aromatic amines is 1. The van der Waals surface area contributed by atoms with E-state index in [1.807, 2.05) is 18.4 Å². The van der Waals surface area contributed by atoms with E-state index in [1.165, 1.54) is 17.5 Å². The van der Waals surface area contributed by atoms with Crippen LogP contribution in [0, 0.1) is 6.92 Å². The van der Waals surface area contributed by atoms with Crippen LogP contribution in [-0.4, -0.2) is 16.1 Å². The van der Waals surface area contributed by atoms with Crippen LogP contribution in [0.1, 0.15) is 15.2 Å². The summed E-state index contributed by atoms with van der Waals surface area (Å²) in [5.41, 5.74) is 1.02. The number of rotatable bonds is 2. The molecule has 0 saturated carbocycles. The summed E-state index contributed by atoms with van der Waals surface area (Å²) < 4.78 is 0. The molecule has 0 atom stereocenters. The fourth-order valence-electron chi connectivity index (χ4n) is 1.54. The summed E-state index contributed by atoms with van der Waals surface area (Å²) in [5.74, 6) is -1.09. The predicted molar refractivity (Wildman–Crippen MR) is 62.1 cm³/mol. The average Bonchev–Trinajstić information content (AvgIpc) is 2.64. The molecule has 5 heteroatoms. The molecule has 0 spiro atoms. The van der Waals surface area contributed by atoms with Crippen LogP contribution >= 0.6 is 11.3 Å². The molecule has 82 valence electrons. The van der Waals surface area contributed by atoms with E-state index >= 15 is 0 Å². The van der Waals surface area contributed by atoms with Crippen LogP contribution in [0.3, 0.4) is 0 Å². The van der Waals surface area contributed by atoms with Crippen molar-refractivity contribution >= 4 is 17.3 Å². The third kappa shape index (κ3) is 1.77. The number of hydrogen-bond acceptors (Lipinski definition) is 3. The molecule has 0 aliphatic heterocycles. The van der Waals surface area contributed by atoms with E-state index in [-0.39, 0.29) is 5.56 Å². The molecule has 0 bridgehead atoms. The first kappa shape index (κ1) is 10.6. The molecule has 0 aliphatic carbocycles. The molecule has 0 amide bonds. The third-order valence-corrected chi connectivity index (χ3v) is 3.15. The van der Waals surface area contributed by atoms with Gasteiger partial charge in [-0.05, 0) is 23.9 Å². The Bertz CT molecular complexity index is 597. The third-order valence-electron chi connectivity index (χ3n) is 2.30. The van der Waals surface area contributed by atoms with E-state index in [0.29, 0.717) is 5.56 Å². The Kier molecular flexibility index (Phi) is 2.62. The maximum Gasteiger partial charge on any atom is 0.336 e. The highest BCUT2D eigenvalue weighted by atomic mass is 32.1. The summed E-state index contributed by atoms with van der Waals surface area (Å²) in [4.78, 5) is 25.6. The second kappa shape index (κ2) is 3.94. The summed E-state index contributed by atoms with van der Waals surface area (Å²) in [5, 5.41) is 10.9. The molecule has 0 fully saturated rings. The largest absolute Gasteiger partial charge is 0.478 e. The quantitative estimate of drug-likeness (QED) is 0.837. The maximum absolute atomic E-state index is 11.1. The lowest BCUT2D eigenvalue weighted by Gasteiger charge is -2.04. The van der Waals surface area contributed by atoms with Crippen LogP contribution < -0.4 is 5.56 Å². The Morgan fingerprint density at radius 1 is 1.44 bits per heavy atom. The lowest BCUT2D eigenvalue weighted by Crippen LogP contribution is -2.10. The molecule has 2 heterocycles. The van der Waals surface area contributed by atoms with E-state index in [4.69, 9.17) is 5.11 Å². The zero-order chi connectivity index (χ0) is 11.7. The second-order valence-corrected chi connectivity index (χ2v) is 4.44. The topological polar surface area (TPSA) is 70.2 Å². The number of carbonyl (C=O) groups is 1. The summed E-state index contributed by atoms with van der Waals surface area (Å²) in [6.45, 7) is 1.91. The fourth-order valence-corrected chi connectivity index (χ4v) is 2.25. The van der Waals surface area contributed by atoms with Gasteiger partial charge in [0, 0.05) is 22.7 Å². The van der Waals surface area contributed by atoms with Crippen LogP contribution in [0.4, 0.5) is 0 Å². The van der Waals surface area contributed by atoms with E-state index in [1.54, 1.807) is 0 Å².